The molecule has 0 aliphatic rings. The second kappa shape index (κ2) is 13.6. The van der Waals surface area contributed by atoms with Crippen LogP contribution in [0.25, 0.3) is 123 Å². The van der Waals surface area contributed by atoms with E-state index in [0.717, 1.165) is 93.8 Å². The van der Waals surface area contributed by atoms with Crippen molar-refractivity contribution in [1.29, 1.82) is 0 Å². The van der Waals surface area contributed by atoms with Crippen molar-refractivity contribution < 1.29 is 8.83 Å². The maximum Gasteiger partial charge on any atom is 0.229 e. The summed E-state index contributed by atoms with van der Waals surface area (Å²) in [6.45, 7) is 0. The fourth-order valence-electron chi connectivity index (χ4n) is 8.19. The third kappa shape index (κ3) is 5.69. The van der Waals surface area contributed by atoms with Crippen LogP contribution >= 0.6 is 0 Å². The molecule has 0 atom stereocenters. The monoisotopic (exact) mass is 770 g/mol. The van der Waals surface area contributed by atoms with Gasteiger partial charge in [0.05, 0.1) is 11.1 Å². The molecule has 4 heterocycles. The minimum absolute atomic E-state index is 0.495. The van der Waals surface area contributed by atoms with Crippen LogP contribution in [0.1, 0.15) is 0 Å². The molecule has 0 bridgehead atoms. The topological polar surface area (TPSA) is 104 Å². The highest BCUT2D eigenvalue weighted by molar-refractivity contribution is 6.12. The van der Waals surface area contributed by atoms with E-state index in [1.165, 1.54) is 0 Å². The highest BCUT2D eigenvalue weighted by Gasteiger charge is 2.18. The molecular weight excluding hydrogens is 741 g/mol. The fraction of sp³-hybridized carbons (Fsp3) is 0. The predicted molar refractivity (Wildman–Crippen MR) is 238 cm³/mol. The Labute approximate surface area is 342 Å². The van der Waals surface area contributed by atoms with Gasteiger partial charge in [-0.15, -0.1) is 0 Å². The Bertz CT molecular complexity index is 3540. The van der Waals surface area contributed by atoms with E-state index in [2.05, 4.69) is 94.9 Å². The van der Waals surface area contributed by atoms with Gasteiger partial charge in [0.2, 0.25) is 5.89 Å². The van der Waals surface area contributed by atoms with E-state index < -0.39 is 0 Å². The molecule has 0 amide bonds. The van der Waals surface area contributed by atoms with Crippen molar-refractivity contribution in [2.75, 3.05) is 0 Å². The minimum Gasteiger partial charge on any atom is -0.456 e. The summed E-state index contributed by atoms with van der Waals surface area (Å²) in [5, 5.41) is 4.30. The lowest BCUT2D eigenvalue weighted by Crippen LogP contribution is -2.00. The van der Waals surface area contributed by atoms with Gasteiger partial charge in [-0.3, -0.25) is 9.97 Å². The maximum absolute atomic E-state index is 6.38. The second-order valence-corrected chi connectivity index (χ2v) is 14.7. The molecule has 0 saturated carbocycles. The van der Waals surface area contributed by atoms with E-state index >= 15 is 0 Å². The fourth-order valence-corrected chi connectivity index (χ4v) is 8.19. The number of hydrogen-bond donors (Lipinski definition) is 0. The first-order valence-corrected chi connectivity index (χ1v) is 19.7. The molecule has 280 valence electrons. The first-order chi connectivity index (χ1) is 29.7. The molecule has 4 aromatic heterocycles. The summed E-state index contributed by atoms with van der Waals surface area (Å²) in [7, 11) is 0. The summed E-state index contributed by atoms with van der Waals surface area (Å²) < 4.78 is 12.7. The summed E-state index contributed by atoms with van der Waals surface area (Å²) in [4.78, 5) is 28.6. The van der Waals surface area contributed by atoms with Crippen molar-refractivity contribution >= 4 is 54.8 Å². The van der Waals surface area contributed by atoms with Crippen molar-refractivity contribution in [3.63, 3.8) is 0 Å². The molecule has 0 unspecified atom stereocenters. The zero-order valence-electron chi connectivity index (χ0n) is 31.8. The van der Waals surface area contributed by atoms with Crippen LogP contribution in [-0.2, 0) is 0 Å². The Hall–Kier alpha value is -8.36. The standard InChI is InChI=1S/C52H30N6O2/c1-3-10-32(11-4-1)49-56-50(33-12-5-2-6-13-33)58-51(57-49)34-20-18-31(19-21-34)36-23-24-37(39-15-8-7-14-38(36)39)35-22-25-45-41(28-35)42-29-44-47(30-46(42)59-45)60-52(55-44)40-16-9-17-43-48(40)54-27-26-53-43/h1-30H. The van der Waals surface area contributed by atoms with Crippen LogP contribution in [0.3, 0.4) is 0 Å². The van der Waals surface area contributed by atoms with Gasteiger partial charge in [0, 0.05) is 45.9 Å². The normalized spacial score (nSPS) is 11.7. The molecular formula is C52H30N6O2. The van der Waals surface area contributed by atoms with E-state index in [-0.39, 0.29) is 0 Å². The highest BCUT2D eigenvalue weighted by Crippen LogP contribution is 2.40. The average Bonchev–Trinajstić information content (AvgIpc) is 3.90. The highest BCUT2D eigenvalue weighted by atomic mass is 16.4. The van der Waals surface area contributed by atoms with Crippen molar-refractivity contribution in [3.05, 3.63) is 182 Å². The molecule has 0 spiro atoms. The van der Waals surface area contributed by atoms with Crippen LogP contribution in [0.5, 0.6) is 0 Å². The maximum atomic E-state index is 6.38. The Kier molecular flexibility index (Phi) is 7.67. The lowest BCUT2D eigenvalue weighted by atomic mass is 9.91. The minimum atomic E-state index is 0.495. The second-order valence-electron chi connectivity index (χ2n) is 14.7. The van der Waals surface area contributed by atoms with E-state index in [0.29, 0.717) is 28.9 Å². The van der Waals surface area contributed by atoms with Gasteiger partial charge in [-0.05, 0) is 63.4 Å². The van der Waals surface area contributed by atoms with E-state index in [1.807, 2.05) is 84.9 Å². The van der Waals surface area contributed by atoms with Crippen LogP contribution in [0, 0.1) is 0 Å². The van der Waals surface area contributed by atoms with Crippen LogP contribution in [0.2, 0.25) is 0 Å². The molecule has 0 aliphatic carbocycles. The third-order valence-corrected chi connectivity index (χ3v) is 11.1. The molecule has 8 nitrogen and oxygen atoms in total. The average molecular weight is 771 g/mol. The Morgan fingerprint density at radius 2 is 0.900 bits per heavy atom. The van der Waals surface area contributed by atoms with Crippen molar-refractivity contribution in [3.8, 4) is 67.9 Å². The number of furan rings is 1. The lowest BCUT2D eigenvalue weighted by Gasteiger charge is -2.13. The zero-order valence-corrected chi connectivity index (χ0v) is 31.8. The van der Waals surface area contributed by atoms with E-state index in [4.69, 9.17) is 28.8 Å². The van der Waals surface area contributed by atoms with E-state index in [1.54, 1.807) is 12.4 Å². The molecule has 8 aromatic carbocycles. The van der Waals surface area contributed by atoms with Crippen LogP contribution in [0.4, 0.5) is 0 Å². The molecule has 0 fully saturated rings. The number of fused-ring (bicyclic) bond motifs is 6. The van der Waals surface area contributed by atoms with E-state index in [9.17, 15) is 0 Å². The van der Waals surface area contributed by atoms with Gasteiger partial charge >= 0.3 is 0 Å². The van der Waals surface area contributed by atoms with Crippen LogP contribution in [-0.4, -0.2) is 29.9 Å². The molecule has 12 rings (SSSR count). The summed E-state index contributed by atoms with van der Waals surface area (Å²) >= 11 is 0. The summed E-state index contributed by atoms with van der Waals surface area (Å²) in [6.07, 6.45) is 3.37. The SMILES string of the molecule is c1ccc(-c2nc(-c3ccccc3)nc(-c3ccc(-c4ccc(-c5ccc6oc7cc8oc(-c9cccc%10nccnc9%10)nc8cc7c6c5)c5ccccc45)cc3)n2)cc1. The molecule has 8 heteroatoms. The van der Waals surface area contributed by atoms with Crippen molar-refractivity contribution in [2.45, 2.75) is 0 Å². The Balaban J connectivity index is 0.910. The molecule has 0 radical (unpaired) electrons. The molecule has 60 heavy (non-hydrogen) atoms. The number of benzene rings is 8. The van der Waals surface area contributed by atoms with Crippen LogP contribution < -0.4 is 0 Å². The Morgan fingerprint density at radius 1 is 0.317 bits per heavy atom. The van der Waals surface area contributed by atoms with Crippen LogP contribution in [0.15, 0.2) is 191 Å². The number of aromatic nitrogens is 6. The Morgan fingerprint density at radius 3 is 1.60 bits per heavy atom. The molecule has 0 saturated heterocycles. The predicted octanol–water partition coefficient (Wildman–Crippen LogP) is 13.0. The number of hydrogen-bond acceptors (Lipinski definition) is 8. The number of para-hydroxylation sites is 1. The smallest absolute Gasteiger partial charge is 0.229 e. The lowest BCUT2D eigenvalue weighted by molar-refractivity contribution is 0.618. The van der Waals surface area contributed by atoms with Crippen molar-refractivity contribution in [1.82, 2.24) is 29.9 Å². The summed E-state index contributed by atoms with van der Waals surface area (Å²) in [5.74, 6) is 2.40. The number of oxazole rings is 1. The van der Waals surface area contributed by atoms with Crippen molar-refractivity contribution in [2.24, 2.45) is 0 Å². The third-order valence-electron chi connectivity index (χ3n) is 11.1. The van der Waals surface area contributed by atoms with Gasteiger partial charge in [0.1, 0.15) is 22.2 Å². The van der Waals surface area contributed by atoms with Gasteiger partial charge < -0.3 is 8.83 Å². The van der Waals surface area contributed by atoms with Gasteiger partial charge in [-0.2, -0.15) is 0 Å². The molecule has 0 N–H and O–H groups in total. The number of nitrogens with zero attached hydrogens (tertiary/aromatic N) is 6. The zero-order chi connectivity index (χ0) is 39.6. The molecule has 0 aliphatic heterocycles. The first-order valence-electron chi connectivity index (χ1n) is 19.7. The largest absolute Gasteiger partial charge is 0.456 e. The molecule has 12 aromatic rings. The van der Waals surface area contributed by atoms with Gasteiger partial charge in [0.15, 0.2) is 23.1 Å². The first kappa shape index (κ1) is 33.7. The number of rotatable bonds is 6. The van der Waals surface area contributed by atoms with Gasteiger partial charge in [-0.25, -0.2) is 19.9 Å². The summed E-state index contributed by atoms with van der Waals surface area (Å²) in [5.41, 5.74) is 12.5. The van der Waals surface area contributed by atoms with Gasteiger partial charge in [0.25, 0.3) is 0 Å². The quantitative estimate of drug-likeness (QED) is 0.165. The summed E-state index contributed by atoms with van der Waals surface area (Å²) in [6, 6.07) is 57.8. The van der Waals surface area contributed by atoms with Gasteiger partial charge in [-0.1, -0.05) is 133 Å².